The molecule has 2 rings (SSSR count). The molecule has 1 nitrogen and oxygen atoms in total. The van der Waals surface area contributed by atoms with E-state index in [0.29, 0.717) is 0 Å². The van der Waals surface area contributed by atoms with Crippen molar-refractivity contribution in [3.63, 3.8) is 0 Å². The van der Waals surface area contributed by atoms with Crippen LogP contribution < -0.4 is 5.32 Å². The van der Waals surface area contributed by atoms with Crippen LogP contribution in [0.3, 0.4) is 0 Å². The van der Waals surface area contributed by atoms with E-state index >= 15 is 0 Å². The molecule has 19 heavy (non-hydrogen) atoms. The van der Waals surface area contributed by atoms with E-state index in [1.54, 1.807) is 0 Å². The molecule has 0 saturated carbocycles. The fourth-order valence-corrected chi connectivity index (χ4v) is 2.21. The molecule has 0 amide bonds. The van der Waals surface area contributed by atoms with Gasteiger partial charge >= 0.3 is 0 Å². The van der Waals surface area contributed by atoms with Crippen molar-refractivity contribution in [3.05, 3.63) is 70.8 Å². The lowest BCUT2D eigenvalue weighted by Crippen LogP contribution is -2.21. The van der Waals surface area contributed by atoms with Crippen LogP contribution in [-0.4, -0.2) is 4.99 Å². The summed E-state index contributed by atoms with van der Waals surface area (Å²) in [4.78, 5) is 0.809. The molecule has 0 saturated heterocycles. The van der Waals surface area contributed by atoms with E-state index in [9.17, 15) is 0 Å². The van der Waals surface area contributed by atoms with Crippen LogP contribution in [0.5, 0.6) is 0 Å². The molecule has 0 spiro atoms. The van der Waals surface area contributed by atoms with Crippen molar-refractivity contribution in [2.45, 2.75) is 26.8 Å². The topological polar surface area (TPSA) is 12.0 Å². The van der Waals surface area contributed by atoms with E-state index in [4.69, 9.17) is 12.2 Å². The van der Waals surface area contributed by atoms with Crippen LogP contribution in [0.1, 0.15) is 29.2 Å². The zero-order valence-electron chi connectivity index (χ0n) is 11.4. The van der Waals surface area contributed by atoms with Gasteiger partial charge in [0.2, 0.25) is 0 Å². The largest absolute Gasteiger partial charge is 0.372 e. The smallest absolute Gasteiger partial charge is 0.106 e. The Morgan fingerprint density at radius 3 is 2.42 bits per heavy atom. The van der Waals surface area contributed by atoms with Crippen molar-refractivity contribution < 1.29 is 0 Å². The fraction of sp³-hybridized carbons (Fsp3) is 0.235. The Labute approximate surface area is 120 Å². The van der Waals surface area contributed by atoms with E-state index in [0.717, 1.165) is 23.5 Å². The van der Waals surface area contributed by atoms with Gasteiger partial charge in [-0.3, -0.25) is 0 Å². The van der Waals surface area contributed by atoms with Crippen molar-refractivity contribution in [2.24, 2.45) is 0 Å². The summed E-state index contributed by atoms with van der Waals surface area (Å²) >= 11 is 5.42. The van der Waals surface area contributed by atoms with Crippen LogP contribution in [-0.2, 0) is 13.0 Å². The average Bonchev–Trinajstić information content (AvgIpc) is 2.45. The summed E-state index contributed by atoms with van der Waals surface area (Å²) in [6, 6.07) is 16.9. The molecule has 2 heteroatoms. The second kappa shape index (κ2) is 6.48. The van der Waals surface area contributed by atoms with Crippen molar-refractivity contribution in [1.82, 2.24) is 5.32 Å². The van der Waals surface area contributed by atoms with Gasteiger partial charge in [0.1, 0.15) is 4.99 Å². The Morgan fingerprint density at radius 1 is 1.05 bits per heavy atom. The van der Waals surface area contributed by atoms with E-state index < -0.39 is 0 Å². The molecule has 0 heterocycles. The fourth-order valence-electron chi connectivity index (χ4n) is 2.00. The maximum absolute atomic E-state index is 5.42. The molecular weight excluding hydrogens is 250 g/mol. The maximum atomic E-state index is 5.42. The first-order valence-corrected chi connectivity index (χ1v) is 7.02. The van der Waals surface area contributed by atoms with Crippen LogP contribution in [0.2, 0.25) is 0 Å². The SMILES string of the molecule is CCc1ccc(C(=S)NCc2cccc(C)c2)cc1. The highest BCUT2D eigenvalue weighted by Crippen LogP contribution is 2.07. The predicted molar refractivity (Wildman–Crippen MR) is 85.5 cm³/mol. The molecule has 2 aromatic rings. The number of aryl methyl sites for hydroxylation is 2. The van der Waals surface area contributed by atoms with Gasteiger partial charge in [0.15, 0.2) is 0 Å². The standard InChI is InChI=1S/C17H19NS/c1-3-14-7-9-16(10-8-14)17(19)18-12-15-6-4-5-13(2)11-15/h4-11H,3,12H2,1-2H3,(H,18,19). The van der Waals surface area contributed by atoms with E-state index in [1.165, 1.54) is 16.7 Å². The first-order valence-electron chi connectivity index (χ1n) is 6.61. The molecule has 0 fully saturated rings. The number of benzene rings is 2. The first kappa shape index (κ1) is 13.8. The molecule has 0 bridgehead atoms. The van der Waals surface area contributed by atoms with Crippen LogP contribution in [0, 0.1) is 6.92 Å². The third kappa shape index (κ3) is 3.90. The Bertz CT molecular complexity index is 558. The summed E-state index contributed by atoms with van der Waals surface area (Å²) in [6.45, 7) is 5.03. The van der Waals surface area contributed by atoms with Crippen molar-refractivity contribution in [1.29, 1.82) is 0 Å². The molecule has 0 aliphatic carbocycles. The number of rotatable bonds is 4. The van der Waals surface area contributed by atoms with Crippen LogP contribution in [0.15, 0.2) is 48.5 Å². The molecule has 98 valence electrons. The highest BCUT2D eigenvalue weighted by molar-refractivity contribution is 7.80. The van der Waals surface area contributed by atoms with Crippen molar-refractivity contribution in [2.75, 3.05) is 0 Å². The number of thiocarbonyl (C=S) groups is 1. The van der Waals surface area contributed by atoms with Gasteiger partial charge in [-0.05, 0) is 24.5 Å². The molecule has 1 N–H and O–H groups in total. The molecule has 0 radical (unpaired) electrons. The highest BCUT2D eigenvalue weighted by atomic mass is 32.1. The monoisotopic (exact) mass is 269 g/mol. The lowest BCUT2D eigenvalue weighted by Gasteiger charge is -2.09. The van der Waals surface area contributed by atoms with Gasteiger partial charge in [-0.2, -0.15) is 0 Å². The van der Waals surface area contributed by atoms with Crippen molar-refractivity contribution >= 4 is 17.2 Å². The summed E-state index contributed by atoms with van der Waals surface area (Å²) < 4.78 is 0. The van der Waals surface area contributed by atoms with E-state index in [-0.39, 0.29) is 0 Å². The van der Waals surface area contributed by atoms with Crippen LogP contribution in [0.4, 0.5) is 0 Å². The zero-order valence-corrected chi connectivity index (χ0v) is 12.3. The van der Waals surface area contributed by atoms with Gasteiger partial charge in [-0.15, -0.1) is 0 Å². The molecule has 0 aromatic heterocycles. The minimum absolute atomic E-state index is 0.774. The van der Waals surface area contributed by atoms with Crippen LogP contribution in [0.25, 0.3) is 0 Å². The molecule has 0 unspecified atom stereocenters. The van der Waals surface area contributed by atoms with Gasteiger partial charge in [0, 0.05) is 12.1 Å². The molecule has 0 aliphatic rings. The van der Waals surface area contributed by atoms with E-state index in [1.807, 2.05) is 0 Å². The minimum Gasteiger partial charge on any atom is -0.372 e. The van der Waals surface area contributed by atoms with E-state index in [2.05, 4.69) is 67.7 Å². The average molecular weight is 269 g/mol. The predicted octanol–water partition coefficient (Wildman–Crippen LogP) is 4.02. The Balaban J connectivity index is 1.97. The Hall–Kier alpha value is -1.67. The number of hydrogen-bond acceptors (Lipinski definition) is 1. The van der Waals surface area contributed by atoms with Gasteiger partial charge in [-0.1, -0.05) is 73.2 Å². The Kier molecular flexibility index (Phi) is 4.69. The summed E-state index contributed by atoms with van der Waals surface area (Å²) in [7, 11) is 0. The van der Waals surface area contributed by atoms with Crippen molar-refractivity contribution in [3.8, 4) is 0 Å². The molecular formula is C17H19NS. The zero-order chi connectivity index (χ0) is 13.7. The lowest BCUT2D eigenvalue weighted by atomic mass is 10.1. The third-order valence-corrected chi connectivity index (χ3v) is 3.54. The van der Waals surface area contributed by atoms with Crippen LogP contribution >= 0.6 is 12.2 Å². The van der Waals surface area contributed by atoms with Gasteiger partial charge in [0.25, 0.3) is 0 Å². The lowest BCUT2D eigenvalue weighted by molar-refractivity contribution is 0.926. The normalized spacial score (nSPS) is 10.2. The summed E-state index contributed by atoms with van der Waals surface area (Å²) in [6.07, 6.45) is 1.06. The summed E-state index contributed by atoms with van der Waals surface area (Å²) in [5.74, 6) is 0. The molecule has 0 atom stereocenters. The first-order chi connectivity index (χ1) is 9.19. The summed E-state index contributed by atoms with van der Waals surface area (Å²) in [5.41, 5.74) is 4.95. The summed E-state index contributed by atoms with van der Waals surface area (Å²) in [5, 5.41) is 3.31. The maximum Gasteiger partial charge on any atom is 0.106 e. The Morgan fingerprint density at radius 2 is 1.79 bits per heavy atom. The quantitative estimate of drug-likeness (QED) is 0.841. The second-order valence-corrected chi connectivity index (χ2v) is 5.13. The minimum atomic E-state index is 0.774. The van der Waals surface area contributed by atoms with Gasteiger partial charge in [-0.25, -0.2) is 0 Å². The third-order valence-electron chi connectivity index (χ3n) is 3.16. The molecule has 2 aromatic carbocycles. The van der Waals surface area contributed by atoms with Gasteiger partial charge < -0.3 is 5.32 Å². The number of hydrogen-bond donors (Lipinski definition) is 1. The van der Waals surface area contributed by atoms with Gasteiger partial charge in [0.05, 0.1) is 0 Å². The number of nitrogens with one attached hydrogen (secondary N) is 1. The second-order valence-electron chi connectivity index (χ2n) is 4.72. The highest BCUT2D eigenvalue weighted by Gasteiger charge is 2.01. The molecule has 0 aliphatic heterocycles.